The Labute approximate surface area is 640 Å². The van der Waals surface area contributed by atoms with Crippen LogP contribution in [0.1, 0.15) is 122 Å². The summed E-state index contributed by atoms with van der Waals surface area (Å²) < 4.78 is 0. The molecule has 6 aliphatic rings. The Balaban J connectivity index is 0.698. The summed E-state index contributed by atoms with van der Waals surface area (Å²) in [5.74, 6) is 0. The van der Waals surface area contributed by atoms with E-state index in [1.54, 1.807) is 0 Å². The maximum absolute atomic E-state index is 2.57. The zero-order chi connectivity index (χ0) is 73.2. The lowest BCUT2D eigenvalue weighted by atomic mass is 9.69. The van der Waals surface area contributed by atoms with E-state index >= 15 is 0 Å². The van der Waals surface area contributed by atoms with Crippen LogP contribution >= 0.6 is 0 Å². The van der Waals surface area contributed by atoms with Gasteiger partial charge in [0.2, 0.25) is 0 Å². The summed E-state index contributed by atoms with van der Waals surface area (Å²) in [5, 5.41) is 0. The predicted molar refractivity (Wildman–Crippen MR) is 456 cm³/mol. The summed E-state index contributed by atoms with van der Waals surface area (Å²) in [6, 6.07) is 131. The van der Waals surface area contributed by atoms with E-state index < -0.39 is 5.41 Å². The maximum Gasteiger partial charge on any atom is 0.0726 e. The summed E-state index contributed by atoms with van der Waals surface area (Å²) in [5.41, 5.74) is 50.5. The summed E-state index contributed by atoms with van der Waals surface area (Å²) in [6.45, 7) is 19.0. The molecule has 0 aromatic heterocycles. The number of hydrogen-bond acceptors (Lipinski definition) is 0. The molecular formula is C109H80. The van der Waals surface area contributed by atoms with E-state index in [-0.39, 0.29) is 21.7 Å². The topological polar surface area (TPSA) is 0 Å². The van der Waals surface area contributed by atoms with Crippen molar-refractivity contribution < 1.29 is 0 Å². The fourth-order valence-electron chi connectivity index (χ4n) is 20.9. The van der Waals surface area contributed by atoms with E-state index in [9.17, 15) is 0 Å². The summed E-state index contributed by atoms with van der Waals surface area (Å²) in [4.78, 5) is 0. The van der Waals surface area contributed by atoms with Crippen LogP contribution in [0.4, 0.5) is 0 Å². The van der Waals surface area contributed by atoms with Gasteiger partial charge in [-0.1, -0.05) is 347 Å². The highest BCUT2D eigenvalue weighted by Crippen LogP contribution is 2.65. The molecule has 6 aliphatic carbocycles. The Morgan fingerprint density at radius 2 is 0.248 bits per heavy atom. The second-order valence-corrected chi connectivity index (χ2v) is 33.8. The molecule has 16 aromatic rings. The van der Waals surface area contributed by atoms with Crippen LogP contribution in [0.5, 0.6) is 0 Å². The fourth-order valence-corrected chi connectivity index (χ4v) is 20.9. The molecule has 0 bridgehead atoms. The van der Waals surface area contributed by atoms with E-state index in [1.165, 1.54) is 223 Å². The molecular weight excluding hydrogens is 1310 g/mol. The number of benzene rings is 16. The van der Waals surface area contributed by atoms with E-state index in [1.807, 2.05) is 0 Å². The van der Waals surface area contributed by atoms with Crippen LogP contribution in [-0.2, 0) is 27.1 Å². The van der Waals surface area contributed by atoms with Crippen LogP contribution in [0.25, 0.3) is 156 Å². The Bertz CT molecular complexity index is 5790. The van der Waals surface area contributed by atoms with Gasteiger partial charge in [-0.2, -0.15) is 0 Å². The molecule has 0 amide bonds. The minimum Gasteiger partial charge on any atom is -0.0619 e. The minimum absolute atomic E-state index is 0.0850. The van der Waals surface area contributed by atoms with Gasteiger partial charge in [-0.15, -0.1) is 0 Å². The normalized spacial score (nSPS) is 15.3. The minimum atomic E-state index is -0.722. The Kier molecular flexibility index (Phi) is 13.3. The molecule has 0 saturated carbocycles. The van der Waals surface area contributed by atoms with Gasteiger partial charge in [0, 0.05) is 21.7 Å². The molecule has 0 atom stereocenters. The van der Waals surface area contributed by atoms with Gasteiger partial charge >= 0.3 is 0 Å². The van der Waals surface area contributed by atoms with Crippen LogP contribution in [0, 0.1) is 0 Å². The molecule has 22 rings (SSSR count). The molecule has 1 spiro atoms. The first-order valence-electron chi connectivity index (χ1n) is 39.0. The SMILES string of the molecule is CC1(C)c2ccccc2-c2ccc(-c3ccc(-c4ccc5c(c4)C4(c6cc(-c7ccc(-c8ccc9c(c8)C(C)(C)c8ccccc8-9)cc7)ccc6-5)c5cc(-c6ccc(-c7ccc8c(c7)C(C)(C)c7ccccc7-8)cc6)ccc5-c5ccc(-c6ccc(-c7ccc8c(c7)C(C)(C)c7ccccc7-8)cc6)cc54)cc3)cc21. The van der Waals surface area contributed by atoms with E-state index in [0.29, 0.717) is 0 Å². The average molecular weight is 1390 g/mol. The lowest BCUT2D eigenvalue weighted by Gasteiger charge is -2.32. The molecule has 0 nitrogen and oxygen atoms in total. The zero-order valence-corrected chi connectivity index (χ0v) is 62.8. The highest BCUT2D eigenvalue weighted by molar-refractivity contribution is 6.00. The molecule has 0 aliphatic heterocycles. The Hall–Kier alpha value is -12.5. The molecule has 0 unspecified atom stereocenters. The third-order valence-corrected chi connectivity index (χ3v) is 26.8. The Morgan fingerprint density at radius 3 is 0.422 bits per heavy atom. The van der Waals surface area contributed by atoms with E-state index in [4.69, 9.17) is 0 Å². The third-order valence-electron chi connectivity index (χ3n) is 26.8. The maximum atomic E-state index is 2.57. The van der Waals surface area contributed by atoms with Gasteiger partial charge in [-0.05, 0) is 271 Å². The molecule has 0 fully saturated rings. The van der Waals surface area contributed by atoms with Gasteiger partial charge in [0.05, 0.1) is 5.41 Å². The molecule has 0 heterocycles. The first-order chi connectivity index (χ1) is 53.0. The van der Waals surface area contributed by atoms with Gasteiger partial charge in [-0.3, -0.25) is 0 Å². The first kappa shape index (κ1) is 63.8. The Morgan fingerprint density at radius 1 is 0.119 bits per heavy atom. The number of fused-ring (bicyclic) bond motifs is 22. The van der Waals surface area contributed by atoms with Crippen molar-refractivity contribution in [3.8, 4) is 156 Å². The van der Waals surface area contributed by atoms with Gasteiger partial charge in [0.1, 0.15) is 0 Å². The smallest absolute Gasteiger partial charge is 0.0619 e. The molecule has 0 heteroatoms. The van der Waals surface area contributed by atoms with Crippen molar-refractivity contribution in [2.24, 2.45) is 0 Å². The van der Waals surface area contributed by atoms with Crippen molar-refractivity contribution in [2.75, 3.05) is 0 Å². The van der Waals surface area contributed by atoms with Gasteiger partial charge < -0.3 is 0 Å². The fraction of sp³-hybridized carbons (Fsp3) is 0.119. The second-order valence-electron chi connectivity index (χ2n) is 33.8. The zero-order valence-electron chi connectivity index (χ0n) is 62.8. The first-order valence-corrected chi connectivity index (χ1v) is 39.0. The number of rotatable bonds is 8. The standard InChI is InChI=1S/C109H80/c1-105(2)93-21-13-9-17-81(93)85-49-41-73(57-97(85)105)65-25-33-69(34-26-65)77-45-53-89-90-54-46-78(70-35-27-66(28-36-70)74-42-50-86-82-18-10-14-22-94(82)106(3,4)98(86)58-74)62-102(90)109(101(89)61-77)103-63-79(71-37-29-67(30-38-71)75-43-51-87-83-19-11-15-23-95(83)107(5,6)99(87)59-75)47-55-91(103)92-56-48-80(64-104(92)109)72-39-31-68(32-40-72)76-44-52-88-84-20-12-16-24-96(84)108(7,8)100(88)60-76/h9-64H,1-8H3. The van der Waals surface area contributed by atoms with Crippen LogP contribution in [0.2, 0.25) is 0 Å². The van der Waals surface area contributed by atoms with Crippen molar-refractivity contribution in [1.82, 2.24) is 0 Å². The highest BCUT2D eigenvalue weighted by Gasteiger charge is 2.53. The second kappa shape index (κ2) is 22.8. The van der Waals surface area contributed by atoms with Crippen LogP contribution in [0.15, 0.2) is 340 Å². The van der Waals surface area contributed by atoms with Crippen molar-refractivity contribution in [2.45, 2.75) is 82.5 Å². The van der Waals surface area contributed by atoms with Crippen molar-refractivity contribution in [1.29, 1.82) is 0 Å². The van der Waals surface area contributed by atoms with E-state index in [2.05, 4.69) is 395 Å². The van der Waals surface area contributed by atoms with Gasteiger partial charge in [0.25, 0.3) is 0 Å². The largest absolute Gasteiger partial charge is 0.0726 e. The van der Waals surface area contributed by atoms with Crippen molar-refractivity contribution >= 4 is 0 Å². The summed E-state index contributed by atoms with van der Waals surface area (Å²) in [6.07, 6.45) is 0. The predicted octanol–water partition coefficient (Wildman–Crippen LogP) is 28.6. The summed E-state index contributed by atoms with van der Waals surface area (Å²) >= 11 is 0. The van der Waals surface area contributed by atoms with Gasteiger partial charge in [-0.25, -0.2) is 0 Å². The quantitative estimate of drug-likeness (QED) is 0.142. The third kappa shape index (κ3) is 9.07. The van der Waals surface area contributed by atoms with Crippen molar-refractivity contribution in [3.05, 3.63) is 406 Å². The lowest BCUT2D eigenvalue weighted by Crippen LogP contribution is -2.26. The van der Waals surface area contributed by atoms with Gasteiger partial charge in [0.15, 0.2) is 0 Å². The molecule has 16 aromatic carbocycles. The summed E-state index contributed by atoms with van der Waals surface area (Å²) in [7, 11) is 0. The molecule has 0 N–H and O–H groups in total. The molecule has 109 heavy (non-hydrogen) atoms. The van der Waals surface area contributed by atoms with Crippen LogP contribution in [-0.4, -0.2) is 0 Å². The molecule has 0 radical (unpaired) electrons. The van der Waals surface area contributed by atoms with Crippen LogP contribution < -0.4 is 0 Å². The number of hydrogen-bond donors (Lipinski definition) is 0. The van der Waals surface area contributed by atoms with E-state index in [0.717, 1.165) is 0 Å². The average Bonchev–Trinajstić information content (AvgIpc) is 1.50. The highest BCUT2D eigenvalue weighted by atomic mass is 14.5. The molecule has 516 valence electrons. The molecule has 0 saturated heterocycles. The lowest BCUT2D eigenvalue weighted by molar-refractivity contribution is 0.660. The van der Waals surface area contributed by atoms with Crippen LogP contribution in [0.3, 0.4) is 0 Å². The van der Waals surface area contributed by atoms with Crippen molar-refractivity contribution in [3.63, 3.8) is 0 Å². The monoisotopic (exact) mass is 1390 g/mol.